The summed E-state index contributed by atoms with van der Waals surface area (Å²) in [6.07, 6.45) is 3.81. The minimum absolute atomic E-state index is 0.653. The normalized spacial score (nSPS) is 23.9. The maximum atomic E-state index is 4.75. The standard InChI is InChI=1S/C17H31N3S/c1-6-7-15-10-20(16(9-18-15)8-12(2)3)11-17-19-13(4)14(5)21-17/h12,15-16,18H,6-11H2,1-5H3. The summed E-state index contributed by atoms with van der Waals surface area (Å²) in [5.41, 5.74) is 1.20. The van der Waals surface area contributed by atoms with E-state index in [4.69, 9.17) is 4.98 Å². The fourth-order valence-electron chi connectivity index (χ4n) is 3.22. The molecule has 1 aromatic heterocycles. The van der Waals surface area contributed by atoms with Gasteiger partial charge < -0.3 is 5.32 Å². The Labute approximate surface area is 134 Å². The van der Waals surface area contributed by atoms with E-state index in [-0.39, 0.29) is 0 Å². The van der Waals surface area contributed by atoms with E-state index in [1.807, 2.05) is 11.3 Å². The van der Waals surface area contributed by atoms with Gasteiger partial charge in [0.05, 0.1) is 12.2 Å². The highest BCUT2D eigenvalue weighted by Crippen LogP contribution is 2.23. The zero-order valence-corrected chi connectivity index (χ0v) is 15.1. The number of hydrogen-bond donors (Lipinski definition) is 1. The van der Waals surface area contributed by atoms with Crippen molar-refractivity contribution < 1.29 is 0 Å². The molecule has 0 aliphatic carbocycles. The average Bonchev–Trinajstić information content (AvgIpc) is 2.71. The fraction of sp³-hybridized carbons (Fsp3) is 0.824. The van der Waals surface area contributed by atoms with Crippen molar-refractivity contribution in [3.63, 3.8) is 0 Å². The van der Waals surface area contributed by atoms with E-state index in [0.29, 0.717) is 12.1 Å². The van der Waals surface area contributed by atoms with E-state index < -0.39 is 0 Å². The second kappa shape index (κ2) is 7.70. The summed E-state index contributed by atoms with van der Waals surface area (Å²) in [6, 6.07) is 1.31. The minimum atomic E-state index is 0.653. The van der Waals surface area contributed by atoms with Gasteiger partial charge in [0.2, 0.25) is 0 Å². The molecule has 0 radical (unpaired) electrons. The Morgan fingerprint density at radius 2 is 2.14 bits per heavy atom. The first-order chi connectivity index (χ1) is 9.99. The predicted molar refractivity (Wildman–Crippen MR) is 91.9 cm³/mol. The molecule has 0 aromatic carbocycles. The van der Waals surface area contributed by atoms with Gasteiger partial charge in [-0.3, -0.25) is 4.90 Å². The van der Waals surface area contributed by atoms with Crippen molar-refractivity contribution in [1.29, 1.82) is 0 Å². The molecule has 120 valence electrons. The van der Waals surface area contributed by atoms with Crippen LogP contribution in [0, 0.1) is 19.8 Å². The van der Waals surface area contributed by atoms with Gasteiger partial charge in [-0.05, 0) is 32.6 Å². The first-order valence-corrected chi connectivity index (χ1v) is 9.21. The smallest absolute Gasteiger partial charge is 0.107 e. The first-order valence-electron chi connectivity index (χ1n) is 8.39. The van der Waals surface area contributed by atoms with Crippen molar-refractivity contribution in [2.45, 2.75) is 72.5 Å². The Morgan fingerprint density at radius 3 is 2.71 bits per heavy atom. The van der Waals surface area contributed by atoms with Crippen LogP contribution in [-0.4, -0.2) is 35.1 Å². The van der Waals surface area contributed by atoms with Gasteiger partial charge in [-0.25, -0.2) is 4.98 Å². The van der Waals surface area contributed by atoms with Gasteiger partial charge in [0.25, 0.3) is 0 Å². The van der Waals surface area contributed by atoms with Crippen LogP contribution >= 0.6 is 11.3 Å². The quantitative estimate of drug-likeness (QED) is 0.867. The Morgan fingerprint density at radius 1 is 1.38 bits per heavy atom. The van der Waals surface area contributed by atoms with Gasteiger partial charge in [0.15, 0.2) is 0 Å². The molecule has 1 aromatic rings. The van der Waals surface area contributed by atoms with E-state index in [2.05, 4.69) is 44.8 Å². The molecule has 3 nitrogen and oxygen atoms in total. The Kier molecular flexibility index (Phi) is 6.20. The lowest BCUT2D eigenvalue weighted by molar-refractivity contribution is 0.103. The lowest BCUT2D eigenvalue weighted by atomic mass is 9.98. The van der Waals surface area contributed by atoms with Crippen molar-refractivity contribution in [2.24, 2.45) is 5.92 Å². The minimum Gasteiger partial charge on any atom is -0.311 e. The summed E-state index contributed by atoms with van der Waals surface area (Å²) in [5, 5.41) is 5.04. The van der Waals surface area contributed by atoms with Crippen LogP contribution in [0.4, 0.5) is 0 Å². The van der Waals surface area contributed by atoms with Crippen molar-refractivity contribution in [3.8, 4) is 0 Å². The predicted octanol–water partition coefficient (Wildman–Crippen LogP) is 3.75. The Hall–Kier alpha value is -0.450. The van der Waals surface area contributed by atoms with Crippen LogP contribution in [0.3, 0.4) is 0 Å². The molecule has 1 aliphatic rings. The maximum Gasteiger partial charge on any atom is 0.107 e. The van der Waals surface area contributed by atoms with Crippen LogP contribution < -0.4 is 5.32 Å². The van der Waals surface area contributed by atoms with Crippen LogP contribution in [0.5, 0.6) is 0 Å². The molecule has 2 atom stereocenters. The summed E-state index contributed by atoms with van der Waals surface area (Å²) in [4.78, 5) is 8.79. The molecule has 2 rings (SSSR count). The SMILES string of the molecule is CCCC1CN(Cc2nc(C)c(C)s2)C(CC(C)C)CN1. The van der Waals surface area contributed by atoms with Crippen LogP contribution in [0.25, 0.3) is 0 Å². The molecule has 1 aliphatic heterocycles. The summed E-state index contributed by atoms with van der Waals surface area (Å²) >= 11 is 1.87. The molecular formula is C17H31N3S. The molecule has 0 spiro atoms. The molecule has 0 saturated carbocycles. The number of piperazine rings is 1. The summed E-state index contributed by atoms with van der Waals surface area (Å²) in [6.45, 7) is 14.6. The summed E-state index contributed by atoms with van der Waals surface area (Å²) in [5.74, 6) is 0.752. The van der Waals surface area contributed by atoms with E-state index in [9.17, 15) is 0 Å². The van der Waals surface area contributed by atoms with Crippen molar-refractivity contribution in [3.05, 3.63) is 15.6 Å². The molecule has 1 N–H and O–H groups in total. The Balaban J connectivity index is 2.04. The molecular weight excluding hydrogens is 278 g/mol. The van der Waals surface area contributed by atoms with Crippen LogP contribution in [0.2, 0.25) is 0 Å². The molecule has 0 bridgehead atoms. The van der Waals surface area contributed by atoms with Gasteiger partial charge in [0, 0.05) is 30.1 Å². The van der Waals surface area contributed by atoms with Gasteiger partial charge >= 0.3 is 0 Å². The number of nitrogens with zero attached hydrogens (tertiary/aromatic N) is 2. The number of thiazole rings is 1. The molecule has 2 unspecified atom stereocenters. The zero-order valence-electron chi connectivity index (χ0n) is 14.3. The molecule has 21 heavy (non-hydrogen) atoms. The van der Waals surface area contributed by atoms with E-state index >= 15 is 0 Å². The van der Waals surface area contributed by atoms with Gasteiger partial charge in [-0.2, -0.15) is 0 Å². The summed E-state index contributed by atoms with van der Waals surface area (Å²) in [7, 11) is 0. The van der Waals surface area contributed by atoms with Crippen molar-refractivity contribution in [1.82, 2.24) is 15.2 Å². The number of aryl methyl sites for hydroxylation is 2. The third-order valence-corrected chi connectivity index (χ3v) is 5.46. The van der Waals surface area contributed by atoms with Gasteiger partial charge in [-0.15, -0.1) is 11.3 Å². The van der Waals surface area contributed by atoms with Crippen LogP contribution in [0.15, 0.2) is 0 Å². The number of hydrogen-bond acceptors (Lipinski definition) is 4. The topological polar surface area (TPSA) is 28.2 Å². The van der Waals surface area contributed by atoms with E-state index in [0.717, 1.165) is 19.0 Å². The first kappa shape index (κ1) is 16.9. The zero-order chi connectivity index (χ0) is 15.4. The lowest BCUT2D eigenvalue weighted by Crippen LogP contribution is -2.56. The second-order valence-corrected chi connectivity index (χ2v) is 8.14. The largest absolute Gasteiger partial charge is 0.311 e. The number of nitrogens with one attached hydrogen (secondary N) is 1. The average molecular weight is 310 g/mol. The van der Waals surface area contributed by atoms with Crippen molar-refractivity contribution in [2.75, 3.05) is 13.1 Å². The second-order valence-electron chi connectivity index (χ2n) is 6.86. The molecule has 4 heteroatoms. The number of aromatic nitrogens is 1. The third kappa shape index (κ3) is 4.76. The molecule has 1 fully saturated rings. The molecule has 0 amide bonds. The highest BCUT2D eigenvalue weighted by molar-refractivity contribution is 7.11. The monoisotopic (exact) mass is 309 g/mol. The summed E-state index contributed by atoms with van der Waals surface area (Å²) < 4.78 is 0. The molecule has 2 heterocycles. The van der Waals surface area contributed by atoms with Gasteiger partial charge in [-0.1, -0.05) is 27.2 Å². The highest BCUT2D eigenvalue weighted by Gasteiger charge is 2.28. The number of rotatable bonds is 6. The highest BCUT2D eigenvalue weighted by atomic mass is 32.1. The van der Waals surface area contributed by atoms with Gasteiger partial charge in [0.1, 0.15) is 5.01 Å². The fourth-order valence-corrected chi connectivity index (χ4v) is 4.18. The molecule has 1 saturated heterocycles. The van der Waals surface area contributed by atoms with Crippen LogP contribution in [0.1, 0.15) is 55.6 Å². The lowest BCUT2D eigenvalue weighted by Gasteiger charge is -2.41. The Bertz CT molecular complexity index is 422. The van der Waals surface area contributed by atoms with E-state index in [1.54, 1.807) is 0 Å². The third-order valence-electron chi connectivity index (χ3n) is 4.41. The van der Waals surface area contributed by atoms with Crippen LogP contribution in [-0.2, 0) is 6.54 Å². The van der Waals surface area contributed by atoms with Crippen molar-refractivity contribution >= 4 is 11.3 Å². The van der Waals surface area contributed by atoms with E-state index in [1.165, 1.54) is 41.4 Å². The maximum absolute atomic E-state index is 4.75.